The highest BCUT2D eigenvalue weighted by atomic mass is 35.5. The number of halogens is 1. The van der Waals surface area contributed by atoms with Crippen molar-refractivity contribution in [3.05, 3.63) is 28.8 Å². The molecule has 1 aromatic carbocycles. The fourth-order valence-electron chi connectivity index (χ4n) is 2.90. The van der Waals surface area contributed by atoms with E-state index in [4.69, 9.17) is 22.4 Å². The van der Waals surface area contributed by atoms with Gasteiger partial charge in [0.2, 0.25) is 0 Å². The van der Waals surface area contributed by atoms with Crippen LogP contribution in [0.5, 0.6) is 0 Å². The van der Waals surface area contributed by atoms with Crippen LogP contribution >= 0.6 is 11.6 Å². The quantitative estimate of drug-likeness (QED) is 0.875. The van der Waals surface area contributed by atoms with Crippen LogP contribution in [0.4, 0.5) is 5.69 Å². The average molecular weight is 311 g/mol. The molecule has 6 heteroatoms. The van der Waals surface area contributed by atoms with Gasteiger partial charge in [0.05, 0.1) is 16.3 Å². The molecule has 1 atom stereocenters. The van der Waals surface area contributed by atoms with Crippen molar-refractivity contribution in [3.8, 4) is 0 Å². The molecule has 1 saturated heterocycles. The second-order valence-corrected chi connectivity index (χ2v) is 5.68. The summed E-state index contributed by atoms with van der Waals surface area (Å²) < 4.78 is 0. The summed E-state index contributed by atoms with van der Waals surface area (Å²) in [7, 11) is 0. The third-order valence-corrected chi connectivity index (χ3v) is 4.18. The molecule has 0 radical (unpaired) electrons. The van der Waals surface area contributed by atoms with Gasteiger partial charge in [0.15, 0.2) is 0 Å². The molecule has 1 heterocycles. The first-order valence-electron chi connectivity index (χ1n) is 7.07. The Kier molecular flexibility index (Phi) is 5.07. The number of primary amides is 1. The lowest BCUT2D eigenvalue weighted by Gasteiger charge is -2.38. The number of rotatable bonds is 5. The van der Waals surface area contributed by atoms with Crippen LogP contribution in [0.3, 0.4) is 0 Å². The lowest BCUT2D eigenvalue weighted by Crippen LogP contribution is -2.41. The van der Waals surface area contributed by atoms with Crippen LogP contribution in [0.1, 0.15) is 42.5 Å². The summed E-state index contributed by atoms with van der Waals surface area (Å²) in [6, 6.07) is 5.35. The van der Waals surface area contributed by atoms with E-state index in [1.165, 1.54) is 0 Å². The standard InChI is InChI=1S/C15H19ClN2O3/c16-11-5-3-6-12(14(11)15(17)21)18-9-2-1-4-10(18)7-8-13(19)20/h3,5-6,10H,1-2,4,7-9H2,(H2,17,21)(H,19,20). The number of carbonyl (C=O) groups is 2. The molecular weight excluding hydrogens is 292 g/mol. The molecule has 1 aliphatic heterocycles. The lowest BCUT2D eigenvalue weighted by molar-refractivity contribution is -0.137. The number of benzene rings is 1. The summed E-state index contributed by atoms with van der Waals surface area (Å²) in [6.07, 6.45) is 3.66. The summed E-state index contributed by atoms with van der Waals surface area (Å²) in [5.74, 6) is -1.36. The van der Waals surface area contributed by atoms with Crippen molar-refractivity contribution >= 4 is 29.2 Å². The van der Waals surface area contributed by atoms with Gasteiger partial charge in [-0.05, 0) is 37.8 Å². The van der Waals surface area contributed by atoms with Gasteiger partial charge in [-0.25, -0.2) is 0 Å². The second kappa shape index (κ2) is 6.80. The predicted molar refractivity (Wildman–Crippen MR) is 81.8 cm³/mol. The van der Waals surface area contributed by atoms with E-state index in [-0.39, 0.29) is 12.5 Å². The number of hydrogen-bond acceptors (Lipinski definition) is 3. The van der Waals surface area contributed by atoms with Crippen molar-refractivity contribution in [2.24, 2.45) is 5.73 Å². The molecule has 0 spiro atoms. The minimum absolute atomic E-state index is 0.103. The van der Waals surface area contributed by atoms with Crippen LogP contribution in [-0.2, 0) is 4.79 Å². The van der Waals surface area contributed by atoms with Crippen LogP contribution in [0, 0.1) is 0 Å². The number of carbonyl (C=O) groups excluding carboxylic acids is 1. The third kappa shape index (κ3) is 3.67. The van der Waals surface area contributed by atoms with E-state index in [1.807, 2.05) is 6.07 Å². The van der Waals surface area contributed by atoms with Gasteiger partial charge in [-0.2, -0.15) is 0 Å². The van der Waals surface area contributed by atoms with Gasteiger partial charge in [0.1, 0.15) is 0 Å². The zero-order valence-corrected chi connectivity index (χ0v) is 12.5. The van der Waals surface area contributed by atoms with Crippen LogP contribution in [0.2, 0.25) is 5.02 Å². The number of hydrogen-bond donors (Lipinski definition) is 2. The monoisotopic (exact) mass is 310 g/mol. The maximum absolute atomic E-state index is 11.7. The van der Waals surface area contributed by atoms with Crippen molar-refractivity contribution in [1.29, 1.82) is 0 Å². The van der Waals surface area contributed by atoms with Gasteiger partial charge in [-0.3, -0.25) is 9.59 Å². The molecule has 1 unspecified atom stereocenters. The van der Waals surface area contributed by atoms with Crippen molar-refractivity contribution in [2.45, 2.75) is 38.1 Å². The van der Waals surface area contributed by atoms with E-state index in [9.17, 15) is 9.59 Å². The maximum Gasteiger partial charge on any atom is 0.303 e. The Balaban J connectivity index is 2.31. The zero-order valence-electron chi connectivity index (χ0n) is 11.7. The Bertz CT molecular complexity index is 548. The number of nitrogens with two attached hydrogens (primary N) is 1. The van der Waals surface area contributed by atoms with Crippen LogP contribution in [0.25, 0.3) is 0 Å². The molecule has 0 bridgehead atoms. The summed E-state index contributed by atoms with van der Waals surface area (Å²) in [4.78, 5) is 24.6. The second-order valence-electron chi connectivity index (χ2n) is 5.27. The molecule has 2 rings (SSSR count). The molecule has 0 saturated carbocycles. The van der Waals surface area contributed by atoms with E-state index >= 15 is 0 Å². The number of carboxylic acid groups (broad SMARTS) is 1. The minimum Gasteiger partial charge on any atom is -0.481 e. The summed E-state index contributed by atoms with van der Waals surface area (Å²) in [5.41, 5.74) is 6.48. The number of amides is 1. The first-order valence-corrected chi connectivity index (χ1v) is 7.45. The largest absolute Gasteiger partial charge is 0.481 e. The van der Waals surface area contributed by atoms with Gasteiger partial charge in [-0.15, -0.1) is 0 Å². The molecule has 0 aromatic heterocycles. The molecule has 1 aromatic rings. The van der Waals surface area contributed by atoms with E-state index in [1.54, 1.807) is 12.1 Å². The minimum atomic E-state index is -0.804. The van der Waals surface area contributed by atoms with E-state index in [0.717, 1.165) is 25.8 Å². The Morgan fingerprint density at radius 1 is 1.38 bits per heavy atom. The number of aliphatic carboxylic acids is 1. The molecule has 1 amide bonds. The molecule has 5 nitrogen and oxygen atoms in total. The predicted octanol–water partition coefficient (Wildman–Crippen LogP) is 2.66. The van der Waals surface area contributed by atoms with Crippen LogP contribution in [-0.4, -0.2) is 29.6 Å². The summed E-state index contributed by atoms with van der Waals surface area (Å²) in [6.45, 7) is 0.783. The first kappa shape index (κ1) is 15.6. The smallest absolute Gasteiger partial charge is 0.303 e. The van der Waals surface area contributed by atoms with Crippen LogP contribution in [0.15, 0.2) is 18.2 Å². The van der Waals surface area contributed by atoms with E-state index < -0.39 is 11.9 Å². The van der Waals surface area contributed by atoms with Crippen LogP contribution < -0.4 is 10.6 Å². The van der Waals surface area contributed by atoms with Gasteiger partial charge in [0, 0.05) is 19.0 Å². The topological polar surface area (TPSA) is 83.6 Å². The van der Waals surface area contributed by atoms with Gasteiger partial charge in [0.25, 0.3) is 5.91 Å². The molecule has 1 aliphatic rings. The SMILES string of the molecule is NC(=O)c1c(Cl)cccc1N1CCCCC1CCC(=O)O. The molecular formula is C15H19ClN2O3. The number of piperidine rings is 1. The summed E-state index contributed by atoms with van der Waals surface area (Å²) in [5, 5.41) is 9.21. The molecule has 21 heavy (non-hydrogen) atoms. The zero-order chi connectivity index (χ0) is 15.4. The van der Waals surface area contributed by atoms with Gasteiger partial charge in [-0.1, -0.05) is 17.7 Å². The Hall–Kier alpha value is -1.75. The van der Waals surface area contributed by atoms with Gasteiger partial charge >= 0.3 is 5.97 Å². The van der Waals surface area contributed by atoms with E-state index in [0.29, 0.717) is 22.7 Å². The maximum atomic E-state index is 11.7. The lowest BCUT2D eigenvalue weighted by atomic mass is 9.96. The van der Waals surface area contributed by atoms with Crippen molar-refractivity contribution < 1.29 is 14.7 Å². The Morgan fingerprint density at radius 3 is 2.81 bits per heavy atom. The van der Waals surface area contributed by atoms with E-state index in [2.05, 4.69) is 4.90 Å². The Labute approximate surface area is 128 Å². The highest BCUT2D eigenvalue weighted by molar-refractivity contribution is 6.34. The molecule has 0 aliphatic carbocycles. The fourth-order valence-corrected chi connectivity index (χ4v) is 3.17. The Morgan fingerprint density at radius 2 is 2.14 bits per heavy atom. The number of carboxylic acids is 1. The highest BCUT2D eigenvalue weighted by Gasteiger charge is 2.27. The fraction of sp³-hybridized carbons (Fsp3) is 0.467. The highest BCUT2D eigenvalue weighted by Crippen LogP contribution is 2.33. The first-order chi connectivity index (χ1) is 10.0. The third-order valence-electron chi connectivity index (χ3n) is 3.87. The number of nitrogens with zero attached hydrogens (tertiary/aromatic N) is 1. The summed E-state index contributed by atoms with van der Waals surface area (Å²) >= 11 is 6.10. The molecule has 1 fully saturated rings. The molecule has 114 valence electrons. The van der Waals surface area contributed by atoms with Crippen molar-refractivity contribution in [1.82, 2.24) is 0 Å². The van der Waals surface area contributed by atoms with Gasteiger partial charge < -0.3 is 15.7 Å². The normalized spacial score (nSPS) is 18.5. The van der Waals surface area contributed by atoms with Crippen molar-refractivity contribution in [3.63, 3.8) is 0 Å². The van der Waals surface area contributed by atoms with Crippen molar-refractivity contribution in [2.75, 3.05) is 11.4 Å². The average Bonchev–Trinajstić information content (AvgIpc) is 2.44. The molecule has 3 N–H and O–H groups in total. The number of anilines is 1.